The van der Waals surface area contributed by atoms with Crippen molar-refractivity contribution in [3.05, 3.63) is 59.7 Å². The molecule has 0 atom stereocenters. The summed E-state index contributed by atoms with van der Waals surface area (Å²) in [5, 5.41) is 9.72. The SMILES string of the molecule is Oc1cc(CCl)ccc1OCc1ccccc1. The van der Waals surface area contributed by atoms with Crippen molar-refractivity contribution in [1.82, 2.24) is 0 Å². The van der Waals surface area contributed by atoms with Crippen LogP contribution in [0.25, 0.3) is 0 Å². The highest BCUT2D eigenvalue weighted by molar-refractivity contribution is 6.17. The molecule has 0 bridgehead atoms. The first kappa shape index (κ1) is 11.8. The van der Waals surface area contributed by atoms with Gasteiger partial charge in [-0.1, -0.05) is 36.4 Å². The van der Waals surface area contributed by atoms with Gasteiger partial charge in [0, 0.05) is 5.88 Å². The predicted molar refractivity (Wildman–Crippen MR) is 68.4 cm³/mol. The van der Waals surface area contributed by atoms with Gasteiger partial charge in [0.2, 0.25) is 0 Å². The van der Waals surface area contributed by atoms with Gasteiger partial charge in [0.1, 0.15) is 6.61 Å². The number of phenols is 1. The summed E-state index contributed by atoms with van der Waals surface area (Å²) in [6, 6.07) is 15.0. The highest BCUT2D eigenvalue weighted by Crippen LogP contribution is 2.28. The summed E-state index contributed by atoms with van der Waals surface area (Å²) < 4.78 is 5.53. The second kappa shape index (κ2) is 5.60. The molecule has 0 radical (unpaired) electrons. The first-order valence-corrected chi connectivity index (χ1v) is 5.87. The van der Waals surface area contributed by atoms with E-state index in [1.54, 1.807) is 12.1 Å². The number of hydrogen-bond acceptors (Lipinski definition) is 2. The Bertz CT molecular complexity index is 483. The van der Waals surface area contributed by atoms with Gasteiger partial charge in [-0.15, -0.1) is 11.6 Å². The van der Waals surface area contributed by atoms with Crippen molar-refractivity contribution in [2.75, 3.05) is 0 Å². The minimum atomic E-state index is 0.124. The molecule has 2 aromatic carbocycles. The van der Waals surface area contributed by atoms with Gasteiger partial charge in [-0.2, -0.15) is 0 Å². The van der Waals surface area contributed by atoms with Crippen molar-refractivity contribution < 1.29 is 9.84 Å². The molecule has 1 N–H and O–H groups in total. The van der Waals surface area contributed by atoms with Gasteiger partial charge in [0.15, 0.2) is 11.5 Å². The third-order valence-corrected chi connectivity index (χ3v) is 2.72. The summed E-state index contributed by atoms with van der Waals surface area (Å²) in [6.45, 7) is 0.439. The van der Waals surface area contributed by atoms with Crippen molar-refractivity contribution in [1.29, 1.82) is 0 Å². The molecule has 0 unspecified atom stereocenters. The quantitative estimate of drug-likeness (QED) is 0.836. The zero-order valence-corrected chi connectivity index (χ0v) is 10.0. The molecule has 17 heavy (non-hydrogen) atoms. The van der Waals surface area contributed by atoms with Gasteiger partial charge in [-0.05, 0) is 23.3 Å². The molecule has 3 heteroatoms. The summed E-state index contributed by atoms with van der Waals surface area (Å²) in [5.74, 6) is 0.980. The highest BCUT2D eigenvalue weighted by atomic mass is 35.5. The lowest BCUT2D eigenvalue weighted by atomic mass is 10.2. The smallest absolute Gasteiger partial charge is 0.161 e. The van der Waals surface area contributed by atoms with Gasteiger partial charge in [-0.3, -0.25) is 0 Å². The number of hydrogen-bond donors (Lipinski definition) is 1. The van der Waals surface area contributed by atoms with Crippen LogP contribution < -0.4 is 4.74 Å². The monoisotopic (exact) mass is 248 g/mol. The Labute approximate surface area is 105 Å². The van der Waals surface area contributed by atoms with E-state index >= 15 is 0 Å². The van der Waals surface area contributed by atoms with Crippen LogP contribution in [0.4, 0.5) is 0 Å². The van der Waals surface area contributed by atoms with E-state index in [4.69, 9.17) is 16.3 Å². The second-order valence-corrected chi connectivity index (χ2v) is 3.98. The van der Waals surface area contributed by atoms with Gasteiger partial charge < -0.3 is 9.84 Å². The summed E-state index contributed by atoms with van der Waals surface area (Å²) in [5.41, 5.74) is 1.93. The molecule has 0 fully saturated rings. The Balaban J connectivity index is 2.04. The van der Waals surface area contributed by atoms with Crippen LogP contribution in [0.1, 0.15) is 11.1 Å². The molecule has 0 aliphatic carbocycles. The Morgan fingerprint density at radius 3 is 2.41 bits per heavy atom. The van der Waals surface area contributed by atoms with E-state index in [1.165, 1.54) is 0 Å². The third-order valence-electron chi connectivity index (χ3n) is 2.41. The zero-order chi connectivity index (χ0) is 12.1. The number of benzene rings is 2. The normalized spacial score (nSPS) is 10.2. The van der Waals surface area contributed by atoms with Crippen LogP contribution in [-0.4, -0.2) is 5.11 Å². The van der Waals surface area contributed by atoms with Crippen LogP contribution in [-0.2, 0) is 12.5 Å². The minimum absolute atomic E-state index is 0.124. The number of rotatable bonds is 4. The van der Waals surface area contributed by atoms with Crippen molar-refractivity contribution in [2.45, 2.75) is 12.5 Å². The van der Waals surface area contributed by atoms with E-state index < -0.39 is 0 Å². The Kier molecular flexibility index (Phi) is 3.89. The van der Waals surface area contributed by atoms with Crippen LogP contribution in [0.3, 0.4) is 0 Å². The lowest BCUT2D eigenvalue weighted by molar-refractivity contribution is 0.289. The van der Waals surface area contributed by atoms with E-state index in [0.29, 0.717) is 18.2 Å². The molecule has 2 aromatic rings. The summed E-state index contributed by atoms with van der Waals surface area (Å²) in [7, 11) is 0. The molecule has 0 aliphatic heterocycles. The van der Waals surface area contributed by atoms with Gasteiger partial charge in [0.25, 0.3) is 0 Å². The third kappa shape index (κ3) is 3.14. The molecular weight excluding hydrogens is 236 g/mol. The molecule has 2 nitrogen and oxygen atoms in total. The minimum Gasteiger partial charge on any atom is -0.504 e. The fraction of sp³-hybridized carbons (Fsp3) is 0.143. The second-order valence-electron chi connectivity index (χ2n) is 3.71. The Morgan fingerprint density at radius 2 is 1.76 bits per heavy atom. The summed E-state index contributed by atoms with van der Waals surface area (Å²) >= 11 is 5.67. The van der Waals surface area contributed by atoms with Crippen LogP contribution >= 0.6 is 11.6 Å². The first-order valence-electron chi connectivity index (χ1n) is 5.34. The van der Waals surface area contributed by atoms with E-state index in [0.717, 1.165) is 11.1 Å². The average molecular weight is 249 g/mol. The lowest BCUT2D eigenvalue weighted by Crippen LogP contribution is -1.95. The van der Waals surface area contributed by atoms with Crippen LogP contribution in [0.5, 0.6) is 11.5 Å². The maximum absolute atomic E-state index is 9.72. The maximum atomic E-state index is 9.72. The van der Waals surface area contributed by atoms with Crippen LogP contribution in [0, 0.1) is 0 Å². The van der Waals surface area contributed by atoms with Crippen LogP contribution in [0.15, 0.2) is 48.5 Å². The van der Waals surface area contributed by atoms with Crippen molar-refractivity contribution in [2.24, 2.45) is 0 Å². The molecule has 0 heterocycles. The first-order chi connectivity index (χ1) is 8.29. The maximum Gasteiger partial charge on any atom is 0.161 e. The number of alkyl halides is 1. The summed E-state index contributed by atoms with van der Waals surface area (Å²) in [6.07, 6.45) is 0. The standard InChI is InChI=1S/C14H13ClO2/c15-9-12-6-7-14(13(16)8-12)17-10-11-4-2-1-3-5-11/h1-8,16H,9-10H2. The van der Waals surface area contributed by atoms with Gasteiger partial charge >= 0.3 is 0 Å². The van der Waals surface area contributed by atoms with E-state index in [2.05, 4.69) is 0 Å². The Morgan fingerprint density at radius 1 is 1.00 bits per heavy atom. The topological polar surface area (TPSA) is 29.5 Å². The largest absolute Gasteiger partial charge is 0.504 e. The predicted octanol–water partition coefficient (Wildman–Crippen LogP) is 3.71. The number of halogens is 1. The zero-order valence-electron chi connectivity index (χ0n) is 9.27. The number of aromatic hydroxyl groups is 1. The van der Waals surface area contributed by atoms with Gasteiger partial charge in [-0.25, -0.2) is 0 Å². The molecule has 0 aromatic heterocycles. The number of ether oxygens (including phenoxy) is 1. The molecular formula is C14H13ClO2. The van der Waals surface area contributed by atoms with E-state index in [9.17, 15) is 5.11 Å². The van der Waals surface area contributed by atoms with E-state index in [1.807, 2.05) is 36.4 Å². The molecule has 0 saturated heterocycles. The molecule has 0 aliphatic rings. The van der Waals surface area contributed by atoms with Crippen molar-refractivity contribution >= 4 is 11.6 Å². The molecule has 0 spiro atoms. The fourth-order valence-electron chi connectivity index (χ4n) is 1.50. The molecule has 0 amide bonds. The molecule has 88 valence electrons. The molecule has 0 saturated carbocycles. The average Bonchev–Trinajstić information content (AvgIpc) is 2.38. The molecule has 2 rings (SSSR count). The Hall–Kier alpha value is -1.67. The fourth-order valence-corrected chi connectivity index (χ4v) is 1.67. The van der Waals surface area contributed by atoms with Gasteiger partial charge in [0.05, 0.1) is 0 Å². The van der Waals surface area contributed by atoms with Crippen molar-refractivity contribution in [3.63, 3.8) is 0 Å². The lowest BCUT2D eigenvalue weighted by Gasteiger charge is -2.08. The van der Waals surface area contributed by atoms with Crippen LogP contribution in [0.2, 0.25) is 0 Å². The number of phenolic OH excluding ortho intramolecular Hbond substituents is 1. The van der Waals surface area contributed by atoms with Crippen molar-refractivity contribution in [3.8, 4) is 11.5 Å². The summed E-state index contributed by atoms with van der Waals surface area (Å²) in [4.78, 5) is 0. The highest BCUT2D eigenvalue weighted by Gasteiger charge is 2.03. The van der Waals surface area contributed by atoms with E-state index in [-0.39, 0.29) is 5.75 Å².